The summed E-state index contributed by atoms with van der Waals surface area (Å²) in [4.78, 5) is 28.4. The Kier molecular flexibility index (Phi) is 8.82. The number of esters is 1. The molecule has 1 N–H and O–H groups in total. The van der Waals surface area contributed by atoms with Crippen molar-refractivity contribution < 1.29 is 23.8 Å². The van der Waals surface area contributed by atoms with E-state index in [-0.39, 0.29) is 12.5 Å². The molecule has 2 aromatic carbocycles. The molecule has 172 valence electrons. The molecule has 0 unspecified atom stereocenters. The number of hydrogen-bond donors (Lipinski definition) is 1. The molecule has 7 heteroatoms. The fraction of sp³-hybridized carbons (Fsp3) is 0.269. The summed E-state index contributed by atoms with van der Waals surface area (Å²) in [6.45, 7) is 5.00. The zero-order chi connectivity index (χ0) is 23.5. The number of para-hydroxylation sites is 1. The number of aromatic nitrogens is 1. The van der Waals surface area contributed by atoms with E-state index in [9.17, 15) is 9.59 Å². The summed E-state index contributed by atoms with van der Waals surface area (Å²) in [7, 11) is 0. The van der Waals surface area contributed by atoms with Gasteiger partial charge < -0.3 is 19.5 Å². The average Bonchev–Trinajstić information content (AvgIpc) is 2.83. The van der Waals surface area contributed by atoms with Gasteiger partial charge in [0.1, 0.15) is 0 Å². The third kappa shape index (κ3) is 7.07. The lowest BCUT2D eigenvalue weighted by Gasteiger charge is -2.12. The molecule has 1 amide bonds. The molecule has 0 spiro atoms. The zero-order valence-electron chi connectivity index (χ0n) is 18.9. The smallest absolute Gasteiger partial charge is 0.331 e. The van der Waals surface area contributed by atoms with Crippen LogP contribution in [-0.4, -0.2) is 43.2 Å². The molecule has 33 heavy (non-hydrogen) atoms. The Morgan fingerprint density at radius 3 is 2.61 bits per heavy atom. The second-order valence-corrected chi connectivity index (χ2v) is 7.11. The van der Waals surface area contributed by atoms with Crippen molar-refractivity contribution in [3.63, 3.8) is 0 Å². The topological polar surface area (TPSA) is 86.8 Å². The summed E-state index contributed by atoms with van der Waals surface area (Å²) in [6.07, 6.45) is 5.25. The van der Waals surface area contributed by atoms with Gasteiger partial charge in [-0.3, -0.25) is 9.78 Å². The van der Waals surface area contributed by atoms with Gasteiger partial charge in [0.25, 0.3) is 5.91 Å². The van der Waals surface area contributed by atoms with Crippen molar-refractivity contribution in [1.82, 2.24) is 10.3 Å². The van der Waals surface area contributed by atoms with Gasteiger partial charge in [-0.2, -0.15) is 0 Å². The van der Waals surface area contributed by atoms with Crippen molar-refractivity contribution in [3.05, 3.63) is 71.9 Å². The van der Waals surface area contributed by atoms with Gasteiger partial charge in [-0.1, -0.05) is 30.3 Å². The summed E-state index contributed by atoms with van der Waals surface area (Å²) in [5.74, 6) is 0.433. The number of nitrogens with zero attached hydrogens (tertiary/aromatic N) is 1. The van der Waals surface area contributed by atoms with E-state index in [4.69, 9.17) is 14.2 Å². The molecular weight excluding hydrogens is 420 g/mol. The molecule has 0 radical (unpaired) electrons. The van der Waals surface area contributed by atoms with Gasteiger partial charge in [0.15, 0.2) is 18.1 Å². The van der Waals surface area contributed by atoms with Crippen molar-refractivity contribution in [2.45, 2.75) is 20.3 Å². The van der Waals surface area contributed by atoms with Gasteiger partial charge >= 0.3 is 5.97 Å². The first-order valence-electron chi connectivity index (χ1n) is 10.9. The number of carbonyl (C=O) groups is 2. The molecular formula is C26H28N2O5. The Bertz CT molecular complexity index is 1120. The lowest BCUT2D eigenvalue weighted by atomic mass is 10.1. The zero-order valence-corrected chi connectivity index (χ0v) is 18.9. The van der Waals surface area contributed by atoms with E-state index in [0.29, 0.717) is 37.7 Å². The van der Waals surface area contributed by atoms with Crippen LogP contribution >= 0.6 is 0 Å². The second kappa shape index (κ2) is 12.2. The highest BCUT2D eigenvalue weighted by molar-refractivity contribution is 5.93. The van der Waals surface area contributed by atoms with Crippen molar-refractivity contribution in [2.24, 2.45) is 0 Å². The van der Waals surface area contributed by atoms with Crippen molar-refractivity contribution >= 4 is 28.9 Å². The standard InChI is InChI=1S/C26H28N2O5/c1-3-31-22-12-10-19(17-23(22)32-4-2)14-16-27-24(29)18-33-25(30)13-11-21-8-5-7-20-9-6-15-28-26(20)21/h5-13,15,17H,3-4,14,16,18H2,1-2H3,(H,27,29)/b13-11-. The van der Waals surface area contributed by atoms with Crippen molar-refractivity contribution in [1.29, 1.82) is 0 Å². The van der Waals surface area contributed by atoms with Crippen molar-refractivity contribution in [3.8, 4) is 11.5 Å². The summed E-state index contributed by atoms with van der Waals surface area (Å²) >= 11 is 0. The third-order valence-corrected chi connectivity index (χ3v) is 4.75. The highest BCUT2D eigenvalue weighted by atomic mass is 16.5. The Labute approximate surface area is 193 Å². The van der Waals surface area contributed by atoms with Crippen LogP contribution in [0.4, 0.5) is 0 Å². The van der Waals surface area contributed by atoms with Gasteiger partial charge in [0.05, 0.1) is 18.7 Å². The lowest BCUT2D eigenvalue weighted by Crippen LogP contribution is -2.30. The molecule has 0 saturated heterocycles. The molecule has 0 aliphatic heterocycles. The Hall–Kier alpha value is -3.87. The molecule has 3 aromatic rings. The fourth-order valence-electron chi connectivity index (χ4n) is 3.25. The van der Waals surface area contributed by atoms with E-state index < -0.39 is 5.97 Å². The van der Waals surface area contributed by atoms with E-state index in [1.54, 1.807) is 12.3 Å². The van der Waals surface area contributed by atoms with Crippen LogP contribution in [-0.2, 0) is 20.7 Å². The van der Waals surface area contributed by atoms with Crippen LogP contribution in [0, 0.1) is 0 Å². The number of amides is 1. The Morgan fingerprint density at radius 1 is 1.00 bits per heavy atom. The monoisotopic (exact) mass is 448 g/mol. The minimum Gasteiger partial charge on any atom is -0.490 e. The van der Waals surface area contributed by atoms with Crippen LogP contribution in [0.2, 0.25) is 0 Å². The second-order valence-electron chi connectivity index (χ2n) is 7.11. The summed E-state index contributed by atoms with van der Waals surface area (Å²) in [6, 6.07) is 15.2. The van der Waals surface area contributed by atoms with E-state index in [1.807, 2.05) is 62.4 Å². The van der Waals surface area contributed by atoms with Crippen LogP contribution in [0.15, 0.2) is 60.8 Å². The average molecular weight is 449 g/mol. The number of pyridine rings is 1. The van der Waals surface area contributed by atoms with Gasteiger partial charge in [0.2, 0.25) is 0 Å². The highest BCUT2D eigenvalue weighted by Crippen LogP contribution is 2.28. The summed E-state index contributed by atoms with van der Waals surface area (Å²) in [5.41, 5.74) is 2.60. The van der Waals surface area contributed by atoms with Gasteiger partial charge in [-0.05, 0) is 50.1 Å². The number of fused-ring (bicyclic) bond motifs is 1. The van der Waals surface area contributed by atoms with E-state index in [2.05, 4.69) is 10.3 Å². The van der Waals surface area contributed by atoms with E-state index in [0.717, 1.165) is 22.0 Å². The van der Waals surface area contributed by atoms with Gasteiger partial charge in [-0.25, -0.2) is 4.79 Å². The summed E-state index contributed by atoms with van der Waals surface area (Å²) in [5, 5.41) is 3.73. The minimum absolute atomic E-state index is 0.343. The van der Waals surface area contributed by atoms with Crippen LogP contribution < -0.4 is 14.8 Å². The van der Waals surface area contributed by atoms with Gasteiger partial charge in [-0.15, -0.1) is 0 Å². The summed E-state index contributed by atoms with van der Waals surface area (Å²) < 4.78 is 16.2. The Morgan fingerprint density at radius 2 is 1.79 bits per heavy atom. The normalized spacial score (nSPS) is 10.8. The first-order valence-corrected chi connectivity index (χ1v) is 10.9. The fourth-order valence-corrected chi connectivity index (χ4v) is 3.25. The van der Waals surface area contributed by atoms with Crippen LogP contribution in [0.1, 0.15) is 25.0 Å². The van der Waals surface area contributed by atoms with Crippen LogP contribution in [0.3, 0.4) is 0 Å². The first-order chi connectivity index (χ1) is 16.1. The van der Waals surface area contributed by atoms with Crippen LogP contribution in [0.25, 0.3) is 17.0 Å². The predicted octanol–water partition coefficient (Wildman–Crippen LogP) is 3.95. The number of rotatable bonds is 11. The number of carbonyl (C=O) groups excluding carboxylic acids is 2. The number of nitrogens with one attached hydrogen (secondary N) is 1. The lowest BCUT2D eigenvalue weighted by molar-refractivity contribution is -0.143. The predicted molar refractivity (Wildman–Crippen MR) is 127 cm³/mol. The molecule has 1 aromatic heterocycles. The number of ether oxygens (including phenoxy) is 3. The molecule has 0 aliphatic rings. The van der Waals surface area contributed by atoms with Crippen LogP contribution in [0.5, 0.6) is 11.5 Å². The first kappa shape index (κ1) is 23.8. The number of hydrogen-bond acceptors (Lipinski definition) is 6. The maximum atomic E-state index is 12.0. The molecule has 3 rings (SSSR count). The molecule has 1 heterocycles. The molecule has 7 nitrogen and oxygen atoms in total. The molecule has 0 bridgehead atoms. The van der Waals surface area contributed by atoms with E-state index in [1.165, 1.54) is 6.08 Å². The molecule has 0 aliphatic carbocycles. The quantitative estimate of drug-likeness (QED) is 0.353. The minimum atomic E-state index is -0.592. The SMILES string of the molecule is CCOc1ccc(CCNC(=O)COC(=O)/C=C\c2cccc3cccnc23)cc1OCC. The maximum Gasteiger partial charge on any atom is 0.331 e. The number of benzene rings is 2. The largest absolute Gasteiger partial charge is 0.490 e. The molecule has 0 saturated carbocycles. The molecule has 0 atom stereocenters. The highest BCUT2D eigenvalue weighted by Gasteiger charge is 2.08. The third-order valence-electron chi connectivity index (χ3n) is 4.75. The van der Waals surface area contributed by atoms with E-state index >= 15 is 0 Å². The maximum absolute atomic E-state index is 12.0. The Balaban J connectivity index is 1.44. The van der Waals surface area contributed by atoms with Gasteiger partial charge in [0, 0.05) is 29.8 Å². The van der Waals surface area contributed by atoms with Crippen molar-refractivity contribution in [2.75, 3.05) is 26.4 Å². The molecule has 0 fully saturated rings.